The van der Waals surface area contributed by atoms with Gasteiger partial charge in [0.25, 0.3) is 0 Å². The van der Waals surface area contributed by atoms with Crippen LogP contribution in [-0.4, -0.2) is 0 Å². The summed E-state index contributed by atoms with van der Waals surface area (Å²) in [5, 5.41) is 0. The van der Waals surface area contributed by atoms with Crippen LogP contribution in [0.5, 0.6) is 0 Å². The van der Waals surface area contributed by atoms with E-state index in [1.165, 1.54) is 51.4 Å². The monoisotopic (exact) mass is 214 g/mol. The van der Waals surface area contributed by atoms with E-state index in [9.17, 15) is 0 Å². The smallest absolute Gasteiger partial charge is 0.0383 e. The van der Waals surface area contributed by atoms with Crippen LogP contribution in [0.4, 0.5) is 0 Å². The van der Waals surface area contributed by atoms with Gasteiger partial charge in [-0.2, -0.15) is 0 Å². The highest BCUT2D eigenvalue weighted by atomic mass is 14.1. The number of rotatable bonds is 1. The predicted octanol–water partition coefficient (Wildman–Crippen LogP) is 6.20. The average molecular weight is 214 g/mol. The molecule has 1 rings (SSSR count). The number of hydrogen-bond donors (Lipinski definition) is 0. The van der Waals surface area contributed by atoms with E-state index < -0.39 is 0 Å². The summed E-state index contributed by atoms with van der Waals surface area (Å²) in [4.78, 5) is 0. The molecular formula is C15H34. The van der Waals surface area contributed by atoms with Crippen molar-refractivity contribution in [3.63, 3.8) is 0 Å². The van der Waals surface area contributed by atoms with Gasteiger partial charge < -0.3 is 0 Å². The second kappa shape index (κ2) is 12.1. The Bertz CT molecular complexity index is 81.6. The molecule has 0 saturated heterocycles. The van der Waals surface area contributed by atoms with E-state index >= 15 is 0 Å². The fourth-order valence-electron chi connectivity index (χ4n) is 1.81. The molecule has 94 valence electrons. The second-order valence-electron chi connectivity index (χ2n) is 5.43. The van der Waals surface area contributed by atoms with Gasteiger partial charge in [0.15, 0.2) is 0 Å². The minimum Gasteiger partial charge on any atom is -0.0683 e. The number of hydrogen-bond acceptors (Lipinski definition) is 0. The summed E-state index contributed by atoms with van der Waals surface area (Å²) in [6, 6.07) is 0. The normalized spacial score (nSPS) is 15.6. The fraction of sp³-hybridized carbons (Fsp3) is 1.00. The van der Waals surface area contributed by atoms with Gasteiger partial charge in [-0.1, -0.05) is 86.5 Å². The van der Waals surface area contributed by atoms with Crippen molar-refractivity contribution in [2.45, 2.75) is 92.9 Å². The zero-order chi connectivity index (χ0) is 12.2. The first-order chi connectivity index (χ1) is 7.06. The molecule has 0 heteroatoms. The molecular weight excluding hydrogens is 180 g/mol. The lowest BCUT2D eigenvalue weighted by molar-refractivity contribution is 0.373. The summed E-state index contributed by atoms with van der Waals surface area (Å²) in [5.74, 6) is 0. The van der Waals surface area contributed by atoms with Crippen LogP contribution in [0.15, 0.2) is 0 Å². The lowest BCUT2D eigenvalue weighted by Gasteiger charge is -2.15. The van der Waals surface area contributed by atoms with Gasteiger partial charge in [-0.25, -0.2) is 0 Å². The maximum absolute atomic E-state index is 2.27. The zero-order valence-corrected chi connectivity index (χ0v) is 12.2. The lowest BCUT2D eigenvalue weighted by Crippen LogP contribution is -2.02. The molecule has 15 heavy (non-hydrogen) atoms. The molecule has 0 amide bonds. The van der Waals surface area contributed by atoms with Gasteiger partial charge in [-0.05, 0) is 11.8 Å². The molecule has 0 aromatic rings. The maximum atomic E-state index is 2.27. The highest BCUT2D eigenvalue weighted by molar-refractivity contribution is 4.58. The van der Waals surface area contributed by atoms with Crippen LogP contribution in [0, 0.1) is 5.41 Å². The summed E-state index contributed by atoms with van der Waals surface area (Å²) in [6.07, 6.45) is 11.6. The summed E-state index contributed by atoms with van der Waals surface area (Å²) >= 11 is 0. The van der Waals surface area contributed by atoms with Gasteiger partial charge in [0.05, 0.1) is 0 Å². The van der Waals surface area contributed by atoms with Crippen molar-refractivity contribution in [3.05, 3.63) is 0 Å². The quantitative estimate of drug-likeness (QED) is 0.487. The molecule has 0 radical (unpaired) electrons. The molecule has 0 aliphatic heterocycles. The molecule has 0 unspecified atom stereocenters. The first-order valence-corrected chi connectivity index (χ1v) is 7.06. The Kier molecular flexibility index (Phi) is 14.0. The average Bonchev–Trinajstić information content (AvgIpc) is 2.22. The topological polar surface area (TPSA) is 0 Å². The predicted molar refractivity (Wildman–Crippen MR) is 73.4 cm³/mol. The first-order valence-electron chi connectivity index (χ1n) is 7.06. The molecule has 0 spiro atoms. The Morgan fingerprint density at radius 1 is 0.733 bits per heavy atom. The molecule has 0 N–H and O–H groups in total. The third kappa shape index (κ3) is 20.2. The third-order valence-corrected chi connectivity index (χ3v) is 2.50. The molecule has 1 saturated carbocycles. The molecule has 0 atom stereocenters. The molecule has 0 aromatic heterocycles. The Morgan fingerprint density at radius 2 is 1.00 bits per heavy atom. The van der Waals surface area contributed by atoms with Crippen LogP contribution in [0.2, 0.25) is 0 Å². The molecule has 1 fully saturated rings. The van der Waals surface area contributed by atoms with Crippen molar-refractivity contribution >= 4 is 0 Å². The van der Waals surface area contributed by atoms with E-state index in [1.54, 1.807) is 0 Å². The van der Waals surface area contributed by atoms with Gasteiger partial charge in [0.2, 0.25) is 0 Å². The van der Waals surface area contributed by atoms with Crippen molar-refractivity contribution in [2.24, 2.45) is 5.41 Å². The molecule has 0 nitrogen and oxygen atoms in total. The third-order valence-electron chi connectivity index (χ3n) is 2.50. The fourth-order valence-corrected chi connectivity index (χ4v) is 1.81. The molecule has 1 aliphatic rings. The van der Waals surface area contributed by atoms with Crippen LogP contribution >= 0.6 is 0 Å². The van der Waals surface area contributed by atoms with E-state index in [2.05, 4.69) is 27.7 Å². The Labute approximate surface area is 98.9 Å². The van der Waals surface area contributed by atoms with Gasteiger partial charge in [-0.3, -0.25) is 0 Å². The van der Waals surface area contributed by atoms with Crippen molar-refractivity contribution in [2.75, 3.05) is 0 Å². The Morgan fingerprint density at radius 3 is 1.07 bits per heavy atom. The molecule has 0 bridgehead atoms. The summed E-state index contributed by atoms with van der Waals surface area (Å²) in [6.45, 7) is 13.1. The Hall–Kier alpha value is 0. The summed E-state index contributed by atoms with van der Waals surface area (Å²) < 4.78 is 0. The van der Waals surface area contributed by atoms with Crippen LogP contribution in [0.3, 0.4) is 0 Å². The standard InChI is InChI=1S/C7H16.C6H12.C2H6/c1-5-6-7(2,3)4;1-2-4-6-5-3-1;1-2/h5-6H2,1-4H3;1-6H2;1-2H3. The summed E-state index contributed by atoms with van der Waals surface area (Å²) in [5.41, 5.74) is 0.550. The van der Waals surface area contributed by atoms with Crippen molar-refractivity contribution in [1.29, 1.82) is 0 Å². The van der Waals surface area contributed by atoms with Gasteiger partial charge >= 0.3 is 0 Å². The highest BCUT2D eigenvalue weighted by Gasteiger charge is 2.06. The van der Waals surface area contributed by atoms with Crippen molar-refractivity contribution in [3.8, 4) is 0 Å². The molecule has 0 heterocycles. The van der Waals surface area contributed by atoms with Gasteiger partial charge in [-0.15, -0.1) is 0 Å². The van der Waals surface area contributed by atoms with E-state index in [0.29, 0.717) is 5.41 Å². The van der Waals surface area contributed by atoms with E-state index in [-0.39, 0.29) is 0 Å². The van der Waals surface area contributed by atoms with Crippen molar-refractivity contribution in [1.82, 2.24) is 0 Å². The first kappa shape index (κ1) is 17.4. The van der Waals surface area contributed by atoms with Crippen LogP contribution < -0.4 is 0 Å². The van der Waals surface area contributed by atoms with Crippen molar-refractivity contribution < 1.29 is 0 Å². The SMILES string of the molecule is C1CCCCC1.CC.CCCC(C)(C)C. The minimum absolute atomic E-state index is 0.550. The van der Waals surface area contributed by atoms with E-state index in [1.807, 2.05) is 13.8 Å². The van der Waals surface area contributed by atoms with Gasteiger partial charge in [0, 0.05) is 0 Å². The van der Waals surface area contributed by atoms with Crippen LogP contribution in [-0.2, 0) is 0 Å². The Balaban J connectivity index is 0. The minimum atomic E-state index is 0.550. The second-order valence-corrected chi connectivity index (χ2v) is 5.43. The largest absolute Gasteiger partial charge is 0.0683 e. The zero-order valence-electron chi connectivity index (χ0n) is 12.2. The van der Waals surface area contributed by atoms with Crippen LogP contribution in [0.1, 0.15) is 92.9 Å². The van der Waals surface area contributed by atoms with Gasteiger partial charge in [0.1, 0.15) is 0 Å². The van der Waals surface area contributed by atoms with E-state index in [4.69, 9.17) is 0 Å². The maximum Gasteiger partial charge on any atom is -0.0383 e. The highest BCUT2D eigenvalue weighted by Crippen LogP contribution is 2.19. The summed E-state index contributed by atoms with van der Waals surface area (Å²) in [7, 11) is 0. The lowest BCUT2D eigenvalue weighted by atomic mass is 9.91. The molecule has 0 aromatic carbocycles. The van der Waals surface area contributed by atoms with E-state index in [0.717, 1.165) is 0 Å². The van der Waals surface area contributed by atoms with Crippen LogP contribution in [0.25, 0.3) is 0 Å². The molecule has 1 aliphatic carbocycles.